The van der Waals surface area contributed by atoms with E-state index in [1.807, 2.05) is 24.3 Å². The third-order valence-corrected chi connectivity index (χ3v) is 4.73. The largest absolute Gasteiger partial charge is 0.434 e. The molecule has 0 radical (unpaired) electrons. The Kier molecular flexibility index (Phi) is 9.41. The lowest BCUT2D eigenvalue weighted by Crippen LogP contribution is -2.36. The number of ether oxygens (including phenoxy) is 1. The molecule has 2 aromatic carbocycles. The fourth-order valence-electron chi connectivity index (χ4n) is 3.21. The summed E-state index contributed by atoms with van der Waals surface area (Å²) in [7, 11) is 1.55. The lowest BCUT2D eigenvalue weighted by atomic mass is 10.2. The van der Waals surface area contributed by atoms with Crippen molar-refractivity contribution in [2.75, 3.05) is 18.5 Å². The van der Waals surface area contributed by atoms with E-state index in [2.05, 4.69) is 20.4 Å². The lowest BCUT2D eigenvalue weighted by molar-refractivity contribution is -0.117. The number of hydrogen-bond donors (Lipinski definition) is 2. The SMILES string of the molecule is CN=C(NCc1ccc(N2CCCC2=O)cc1)NCc1c(F)cccc1OC(F)F.I. The average molecular weight is 548 g/mol. The lowest BCUT2D eigenvalue weighted by Gasteiger charge is -2.17. The summed E-state index contributed by atoms with van der Waals surface area (Å²) in [6, 6.07) is 11.4. The molecule has 1 heterocycles. The molecule has 31 heavy (non-hydrogen) atoms. The topological polar surface area (TPSA) is 66.0 Å². The maximum Gasteiger partial charge on any atom is 0.387 e. The van der Waals surface area contributed by atoms with Gasteiger partial charge in [0.25, 0.3) is 0 Å². The summed E-state index contributed by atoms with van der Waals surface area (Å²) in [6.45, 7) is -1.95. The highest BCUT2D eigenvalue weighted by molar-refractivity contribution is 14.0. The average Bonchev–Trinajstić information content (AvgIpc) is 3.15. The van der Waals surface area contributed by atoms with Gasteiger partial charge >= 0.3 is 6.61 Å². The van der Waals surface area contributed by atoms with Gasteiger partial charge in [-0.05, 0) is 36.2 Å². The first kappa shape index (κ1) is 24.8. The summed E-state index contributed by atoms with van der Waals surface area (Å²) < 4.78 is 43.5. The van der Waals surface area contributed by atoms with Gasteiger partial charge in [-0.25, -0.2) is 4.39 Å². The van der Waals surface area contributed by atoms with Crippen molar-refractivity contribution in [2.24, 2.45) is 4.99 Å². The van der Waals surface area contributed by atoms with Crippen LogP contribution >= 0.6 is 24.0 Å². The van der Waals surface area contributed by atoms with E-state index in [4.69, 9.17) is 0 Å². The minimum Gasteiger partial charge on any atom is -0.434 e. The Bertz CT molecular complexity index is 910. The molecule has 1 aliphatic rings. The second kappa shape index (κ2) is 11.8. The zero-order valence-electron chi connectivity index (χ0n) is 16.9. The zero-order chi connectivity index (χ0) is 21.5. The standard InChI is InChI=1S/C21H23F3N4O2.HI/c1-25-21(27-13-16-17(22)4-2-5-18(16)30-20(23)24)26-12-14-7-9-15(10-8-14)28-11-3-6-19(28)29;/h2,4-5,7-10,20H,3,6,11-13H2,1H3,(H2,25,26,27);1H. The van der Waals surface area contributed by atoms with Crippen molar-refractivity contribution in [1.82, 2.24) is 10.6 Å². The maximum atomic E-state index is 14.0. The van der Waals surface area contributed by atoms with E-state index in [-0.39, 0.29) is 47.7 Å². The molecule has 2 aromatic rings. The van der Waals surface area contributed by atoms with Crippen LogP contribution in [0.1, 0.15) is 24.0 Å². The van der Waals surface area contributed by atoms with E-state index < -0.39 is 12.4 Å². The van der Waals surface area contributed by atoms with Crippen LogP contribution in [0.4, 0.5) is 18.9 Å². The van der Waals surface area contributed by atoms with Crippen molar-refractivity contribution >= 4 is 41.5 Å². The third-order valence-electron chi connectivity index (χ3n) is 4.73. The Morgan fingerprint density at radius 2 is 1.87 bits per heavy atom. The third kappa shape index (κ3) is 6.74. The molecule has 1 amide bonds. The van der Waals surface area contributed by atoms with Gasteiger partial charge in [0.2, 0.25) is 5.91 Å². The quantitative estimate of drug-likeness (QED) is 0.312. The first-order chi connectivity index (χ1) is 14.5. The number of carbonyl (C=O) groups is 1. The Morgan fingerprint density at radius 1 is 1.16 bits per heavy atom. The second-order valence-electron chi connectivity index (χ2n) is 6.69. The Hall–Kier alpha value is -2.50. The molecule has 168 valence electrons. The number of nitrogens with one attached hydrogen (secondary N) is 2. The van der Waals surface area contributed by atoms with Crippen LogP contribution in [0, 0.1) is 5.82 Å². The summed E-state index contributed by atoms with van der Waals surface area (Å²) in [4.78, 5) is 17.6. The zero-order valence-corrected chi connectivity index (χ0v) is 19.2. The van der Waals surface area contributed by atoms with Gasteiger partial charge in [-0.2, -0.15) is 8.78 Å². The van der Waals surface area contributed by atoms with Crippen LogP contribution < -0.4 is 20.3 Å². The van der Waals surface area contributed by atoms with Crippen molar-refractivity contribution in [3.8, 4) is 5.75 Å². The monoisotopic (exact) mass is 548 g/mol. The molecule has 1 fully saturated rings. The van der Waals surface area contributed by atoms with E-state index in [1.165, 1.54) is 18.2 Å². The Morgan fingerprint density at radius 3 is 2.48 bits per heavy atom. The summed E-state index contributed by atoms with van der Waals surface area (Å²) in [6.07, 6.45) is 1.45. The highest BCUT2D eigenvalue weighted by Gasteiger charge is 2.21. The van der Waals surface area contributed by atoms with Crippen LogP contribution in [-0.4, -0.2) is 32.1 Å². The molecule has 0 spiro atoms. The Labute approximate surface area is 195 Å². The molecule has 0 aliphatic carbocycles. The Balaban J connectivity index is 0.00000341. The van der Waals surface area contributed by atoms with Gasteiger partial charge in [0.15, 0.2) is 5.96 Å². The summed E-state index contributed by atoms with van der Waals surface area (Å²) >= 11 is 0. The highest BCUT2D eigenvalue weighted by Crippen LogP contribution is 2.23. The predicted octanol–water partition coefficient (Wildman–Crippen LogP) is 4.04. The number of nitrogens with zero attached hydrogens (tertiary/aromatic N) is 2. The minimum atomic E-state index is -3.04. The first-order valence-electron chi connectivity index (χ1n) is 9.54. The van der Waals surface area contributed by atoms with Gasteiger partial charge in [0, 0.05) is 44.4 Å². The van der Waals surface area contributed by atoms with Crippen molar-refractivity contribution in [1.29, 1.82) is 0 Å². The van der Waals surface area contributed by atoms with Gasteiger partial charge in [-0.3, -0.25) is 9.79 Å². The van der Waals surface area contributed by atoms with Crippen LogP contribution in [-0.2, 0) is 17.9 Å². The van der Waals surface area contributed by atoms with Crippen molar-refractivity contribution in [2.45, 2.75) is 32.5 Å². The number of anilines is 1. The normalized spacial score (nSPS) is 13.9. The van der Waals surface area contributed by atoms with Crippen LogP contribution in [0.2, 0.25) is 0 Å². The number of halogens is 4. The number of benzene rings is 2. The maximum absolute atomic E-state index is 14.0. The van der Waals surface area contributed by atoms with Crippen LogP contribution in [0.15, 0.2) is 47.5 Å². The smallest absolute Gasteiger partial charge is 0.387 e. The van der Waals surface area contributed by atoms with Gasteiger partial charge in [0.1, 0.15) is 11.6 Å². The second-order valence-corrected chi connectivity index (χ2v) is 6.69. The van der Waals surface area contributed by atoms with Gasteiger partial charge in [0.05, 0.1) is 0 Å². The van der Waals surface area contributed by atoms with Crippen LogP contribution in [0.5, 0.6) is 5.75 Å². The molecule has 2 N–H and O–H groups in total. The summed E-state index contributed by atoms with van der Waals surface area (Å²) in [5.41, 5.74) is 1.82. The number of rotatable bonds is 7. The van der Waals surface area contributed by atoms with Crippen molar-refractivity contribution < 1.29 is 22.7 Å². The molecule has 1 saturated heterocycles. The van der Waals surface area contributed by atoms with E-state index in [1.54, 1.807) is 11.9 Å². The summed E-state index contributed by atoms with van der Waals surface area (Å²) in [5.74, 6) is -0.364. The molecule has 0 aromatic heterocycles. The van der Waals surface area contributed by atoms with Crippen LogP contribution in [0.3, 0.4) is 0 Å². The predicted molar refractivity (Wildman–Crippen MR) is 124 cm³/mol. The minimum absolute atomic E-state index is 0. The molecular formula is C21H24F3IN4O2. The van der Waals surface area contributed by atoms with Crippen LogP contribution in [0.25, 0.3) is 0 Å². The van der Waals surface area contributed by atoms with E-state index in [0.29, 0.717) is 18.9 Å². The van der Waals surface area contributed by atoms with Crippen molar-refractivity contribution in [3.63, 3.8) is 0 Å². The summed E-state index contributed by atoms with van der Waals surface area (Å²) in [5, 5.41) is 5.97. The van der Waals surface area contributed by atoms with Gasteiger partial charge < -0.3 is 20.3 Å². The van der Waals surface area contributed by atoms with E-state index >= 15 is 0 Å². The number of guanidine groups is 1. The molecular weight excluding hydrogens is 524 g/mol. The molecule has 0 atom stereocenters. The molecule has 0 bridgehead atoms. The number of carbonyl (C=O) groups excluding carboxylic acids is 1. The van der Waals surface area contributed by atoms with Gasteiger partial charge in [-0.1, -0.05) is 18.2 Å². The van der Waals surface area contributed by atoms with Gasteiger partial charge in [-0.15, -0.1) is 24.0 Å². The number of hydrogen-bond acceptors (Lipinski definition) is 3. The molecule has 0 unspecified atom stereocenters. The molecule has 3 rings (SSSR count). The molecule has 10 heteroatoms. The van der Waals surface area contributed by atoms with E-state index in [0.717, 1.165) is 24.2 Å². The molecule has 1 aliphatic heterocycles. The number of amides is 1. The molecule has 0 saturated carbocycles. The molecule has 6 nitrogen and oxygen atoms in total. The number of alkyl halides is 2. The number of aliphatic imine (C=N–C) groups is 1. The fourth-order valence-corrected chi connectivity index (χ4v) is 3.21. The van der Waals surface area contributed by atoms with Crippen molar-refractivity contribution in [3.05, 3.63) is 59.4 Å². The fraction of sp³-hybridized carbons (Fsp3) is 0.333. The first-order valence-corrected chi connectivity index (χ1v) is 9.54. The van der Waals surface area contributed by atoms with E-state index in [9.17, 15) is 18.0 Å². The highest BCUT2D eigenvalue weighted by atomic mass is 127.